The zero-order valence-electron chi connectivity index (χ0n) is 19.6. The second-order valence-corrected chi connectivity index (χ2v) is 9.74. The molecule has 0 bridgehead atoms. The molecule has 1 fully saturated rings. The van der Waals surface area contributed by atoms with Crippen LogP contribution in [0.4, 0.5) is 0 Å². The topological polar surface area (TPSA) is 93.1 Å². The van der Waals surface area contributed by atoms with Crippen LogP contribution >= 0.6 is 11.8 Å². The molecule has 0 aliphatic heterocycles. The van der Waals surface area contributed by atoms with Crippen LogP contribution in [0.2, 0.25) is 0 Å². The average molecular weight is 499 g/mol. The molecular formula is C28H26N4O3S. The number of amides is 2. The Hall–Kier alpha value is -3.91. The Morgan fingerprint density at radius 2 is 1.64 bits per heavy atom. The van der Waals surface area contributed by atoms with Gasteiger partial charge in [-0.2, -0.15) is 0 Å². The van der Waals surface area contributed by atoms with E-state index in [0.29, 0.717) is 34.2 Å². The number of nitrogens with one attached hydrogen (secondary N) is 2. The van der Waals surface area contributed by atoms with Crippen molar-refractivity contribution in [2.75, 3.05) is 5.75 Å². The van der Waals surface area contributed by atoms with Gasteiger partial charge in [0, 0.05) is 18.2 Å². The van der Waals surface area contributed by atoms with Crippen LogP contribution in [0.5, 0.6) is 0 Å². The van der Waals surface area contributed by atoms with Gasteiger partial charge in [-0.15, -0.1) is 0 Å². The average Bonchev–Trinajstić information content (AvgIpc) is 3.73. The maximum atomic E-state index is 13.4. The predicted molar refractivity (Wildman–Crippen MR) is 141 cm³/mol. The molecule has 1 aromatic heterocycles. The summed E-state index contributed by atoms with van der Waals surface area (Å²) in [5.74, 6) is -0.0760. The lowest BCUT2D eigenvalue weighted by Crippen LogP contribution is -2.27. The SMILES string of the molecule is O=C(CSc1nc2ccccc2c(=O)n1Cc1ccc(C(=O)NC2CC2)cc1)NCc1ccccc1. The maximum absolute atomic E-state index is 13.4. The number of fused-ring (bicyclic) bond motifs is 1. The van der Waals surface area contributed by atoms with Gasteiger partial charge in [0.15, 0.2) is 5.16 Å². The number of para-hydroxylation sites is 1. The van der Waals surface area contributed by atoms with E-state index in [2.05, 4.69) is 15.6 Å². The van der Waals surface area contributed by atoms with Crippen LogP contribution in [0, 0.1) is 0 Å². The molecular weight excluding hydrogens is 472 g/mol. The van der Waals surface area contributed by atoms with E-state index in [-0.39, 0.29) is 29.7 Å². The zero-order valence-corrected chi connectivity index (χ0v) is 20.5. The summed E-state index contributed by atoms with van der Waals surface area (Å²) in [6.07, 6.45) is 2.07. The van der Waals surface area contributed by atoms with Crippen LogP contribution < -0.4 is 16.2 Å². The fourth-order valence-electron chi connectivity index (χ4n) is 3.82. The van der Waals surface area contributed by atoms with Gasteiger partial charge in [0.1, 0.15) is 0 Å². The zero-order chi connectivity index (χ0) is 24.9. The number of thioether (sulfide) groups is 1. The molecule has 2 N–H and O–H groups in total. The van der Waals surface area contributed by atoms with Gasteiger partial charge in [-0.3, -0.25) is 19.0 Å². The molecule has 0 radical (unpaired) electrons. The number of benzene rings is 3. The molecule has 182 valence electrons. The molecule has 2 amide bonds. The number of nitrogens with zero attached hydrogens (tertiary/aromatic N) is 2. The van der Waals surface area contributed by atoms with Gasteiger partial charge in [-0.25, -0.2) is 4.98 Å². The highest BCUT2D eigenvalue weighted by Crippen LogP contribution is 2.21. The first-order valence-electron chi connectivity index (χ1n) is 11.9. The molecule has 1 aliphatic carbocycles. The van der Waals surface area contributed by atoms with Gasteiger partial charge in [0.2, 0.25) is 5.91 Å². The monoisotopic (exact) mass is 498 g/mol. The van der Waals surface area contributed by atoms with E-state index in [1.165, 1.54) is 11.8 Å². The van der Waals surface area contributed by atoms with Gasteiger partial charge < -0.3 is 10.6 Å². The molecule has 7 nitrogen and oxygen atoms in total. The van der Waals surface area contributed by atoms with Gasteiger partial charge in [-0.1, -0.05) is 66.4 Å². The van der Waals surface area contributed by atoms with Crippen molar-refractivity contribution in [1.29, 1.82) is 0 Å². The van der Waals surface area contributed by atoms with Crippen molar-refractivity contribution in [2.24, 2.45) is 0 Å². The van der Waals surface area contributed by atoms with Crippen molar-refractivity contribution in [3.05, 3.63) is 106 Å². The lowest BCUT2D eigenvalue weighted by atomic mass is 10.1. The van der Waals surface area contributed by atoms with Crippen molar-refractivity contribution in [3.63, 3.8) is 0 Å². The second-order valence-electron chi connectivity index (χ2n) is 8.80. The first-order valence-corrected chi connectivity index (χ1v) is 12.9. The van der Waals surface area contributed by atoms with Crippen LogP contribution in [-0.4, -0.2) is 33.2 Å². The van der Waals surface area contributed by atoms with Gasteiger partial charge in [0.05, 0.1) is 23.2 Å². The Labute approximate surface area is 212 Å². The molecule has 0 saturated heterocycles. The minimum atomic E-state index is -0.164. The first-order chi connectivity index (χ1) is 17.6. The van der Waals surface area contributed by atoms with E-state index in [0.717, 1.165) is 24.0 Å². The number of carbonyl (C=O) groups excluding carboxylic acids is 2. The maximum Gasteiger partial charge on any atom is 0.262 e. The molecule has 1 aliphatic rings. The van der Waals surface area contributed by atoms with Crippen molar-refractivity contribution in [3.8, 4) is 0 Å². The fraction of sp³-hybridized carbons (Fsp3) is 0.214. The Balaban J connectivity index is 1.33. The van der Waals surface area contributed by atoms with E-state index in [4.69, 9.17) is 0 Å². The number of carbonyl (C=O) groups is 2. The van der Waals surface area contributed by atoms with Crippen LogP contribution in [-0.2, 0) is 17.9 Å². The standard InChI is InChI=1S/C28H26N4O3S/c33-25(29-16-19-6-2-1-3-7-19)18-36-28-31-24-9-5-4-8-23(24)27(35)32(28)17-20-10-12-21(13-11-20)26(34)30-22-14-15-22/h1-13,22H,14-18H2,(H,29,33)(H,30,34). The normalized spacial score (nSPS) is 12.9. The highest BCUT2D eigenvalue weighted by Gasteiger charge is 2.23. The summed E-state index contributed by atoms with van der Waals surface area (Å²) >= 11 is 1.24. The third-order valence-electron chi connectivity index (χ3n) is 5.96. The van der Waals surface area contributed by atoms with Crippen LogP contribution in [0.1, 0.15) is 34.3 Å². The Bertz CT molecular complexity index is 1450. The van der Waals surface area contributed by atoms with Crippen LogP contribution in [0.3, 0.4) is 0 Å². The summed E-state index contributed by atoms with van der Waals surface area (Å²) < 4.78 is 1.59. The largest absolute Gasteiger partial charge is 0.351 e. The minimum Gasteiger partial charge on any atom is -0.351 e. The summed E-state index contributed by atoms with van der Waals surface area (Å²) in [5.41, 5.74) is 2.92. The van der Waals surface area contributed by atoms with Gasteiger partial charge in [-0.05, 0) is 48.2 Å². The smallest absolute Gasteiger partial charge is 0.262 e. The molecule has 0 spiro atoms. The molecule has 1 heterocycles. The minimum absolute atomic E-state index is 0.0775. The molecule has 3 aromatic carbocycles. The summed E-state index contributed by atoms with van der Waals surface area (Å²) in [6, 6.07) is 24.5. The summed E-state index contributed by atoms with van der Waals surface area (Å²) in [5, 5.41) is 6.89. The van der Waals surface area contributed by atoms with Crippen molar-refractivity contribution < 1.29 is 9.59 Å². The quantitative estimate of drug-likeness (QED) is 0.271. The van der Waals surface area contributed by atoms with Crippen molar-refractivity contribution in [1.82, 2.24) is 20.2 Å². The van der Waals surface area contributed by atoms with E-state index in [9.17, 15) is 14.4 Å². The third-order valence-corrected chi connectivity index (χ3v) is 6.94. The molecule has 5 rings (SSSR count). The molecule has 36 heavy (non-hydrogen) atoms. The summed E-state index contributed by atoms with van der Waals surface area (Å²) in [6.45, 7) is 0.730. The Kier molecular flexibility index (Phi) is 7.13. The molecule has 0 unspecified atom stereocenters. The second kappa shape index (κ2) is 10.8. The van der Waals surface area contributed by atoms with E-state index in [1.807, 2.05) is 54.6 Å². The fourth-order valence-corrected chi connectivity index (χ4v) is 4.64. The van der Waals surface area contributed by atoms with E-state index >= 15 is 0 Å². The van der Waals surface area contributed by atoms with Gasteiger partial charge >= 0.3 is 0 Å². The van der Waals surface area contributed by atoms with Crippen LogP contribution in [0.15, 0.2) is 88.8 Å². The number of hydrogen-bond acceptors (Lipinski definition) is 5. The first kappa shape index (κ1) is 23.8. The lowest BCUT2D eigenvalue weighted by molar-refractivity contribution is -0.118. The number of hydrogen-bond donors (Lipinski definition) is 2. The van der Waals surface area contributed by atoms with Gasteiger partial charge in [0.25, 0.3) is 11.5 Å². The van der Waals surface area contributed by atoms with E-state index in [1.54, 1.807) is 28.8 Å². The van der Waals surface area contributed by atoms with E-state index < -0.39 is 0 Å². The number of aromatic nitrogens is 2. The Morgan fingerprint density at radius 1 is 0.917 bits per heavy atom. The highest BCUT2D eigenvalue weighted by atomic mass is 32.2. The predicted octanol–water partition coefficient (Wildman–Crippen LogP) is 3.75. The van der Waals surface area contributed by atoms with Crippen molar-refractivity contribution >= 4 is 34.5 Å². The molecule has 8 heteroatoms. The summed E-state index contributed by atoms with van der Waals surface area (Å²) in [7, 11) is 0. The highest BCUT2D eigenvalue weighted by molar-refractivity contribution is 7.99. The molecule has 1 saturated carbocycles. The summed E-state index contributed by atoms with van der Waals surface area (Å²) in [4.78, 5) is 42.8. The van der Waals surface area contributed by atoms with Crippen molar-refractivity contribution in [2.45, 2.75) is 37.1 Å². The van der Waals surface area contributed by atoms with Crippen LogP contribution in [0.25, 0.3) is 10.9 Å². The third kappa shape index (κ3) is 5.83. The number of rotatable bonds is 9. The molecule has 4 aromatic rings. The Morgan fingerprint density at radius 3 is 2.39 bits per heavy atom. The molecule has 0 atom stereocenters. The lowest BCUT2D eigenvalue weighted by Gasteiger charge is -2.14.